The largest absolute Gasteiger partial charge is 0.472 e. The Morgan fingerprint density at radius 3 is 2.57 bits per heavy atom. The molecule has 0 N–H and O–H groups in total. The zero-order chi connectivity index (χ0) is 14.7. The van der Waals surface area contributed by atoms with Gasteiger partial charge in [0.1, 0.15) is 35.7 Å². The van der Waals surface area contributed by atoms with Gasteiger partial charge in [0.2, 0.25) is 5.88 Å². The molecule has 0 unspecified atom stereocenters. The van der Waals surface area contributed by atoms with Crippen molar-refractivity contribution >= 4 is 11.6 Å². The van der Waals surface area contributed by atoms with Gasteiger partial charge in [-0.15, -0.1) is 0 Å². The predicted molar refractivity (Wildman–Crippen MR) is 76.6 cm³/mol. The van der Waals surface area contributed by atoms with Crippen molar-refractivity contribution in [2.75, 3.05) is 0 Å². The van der Waals surface area contributed by atoms with Crippen LogP contribution in [0.25, 0.3) is 0 Å². The van der Waals surface area contributed by atoms with Crippen LogP contribution in [0.2, 0.25) is 5.15 Å². The first-order valence-electron chi connectivity index (χ1n) is 6.41. The fraction of sp³-hybridized carbons (Fsp3) is 0.200. The summed E-state index contributed by atoms with van der Waals surface area (Å²) >= 11 is 6.18. The summed E-state index contributed by atoms with van der Waals surface area (Å²) in [5.41, 5.74) is 1.52. The first kappa shape index (κ1) is 13.7. The van der Waals surface area contributed by atoms with Crippen LogP contribution in [0.1, 0.15) is 23.2 Å². The fourth-order valence-corrected chi connectivity index (χ4v) is 2.22. The summed E-state index contributed by atoms with van der Waals surface area (Å²) in [7, 11) is 0. The van der Waals surface area contributed by atoms with Crippen LogP contribution in [-0.4, -0.2) is 9.97 Å². The Balaban J connectivity index is 1.86. The van der Waals surface area contributed by atoms with E-state index in [1.54, 1.807) is 6.92 Å². The topological polar surface area (TPSA) is 53.5 Å². The van der Waals surface area contributed by atoms with E-state index < -0.39 is 6.29 Å². The van der Waals surface area contributed by atoms with E-state index in [2.05, 4.69) is 9.97 Å². The van der Waals surface area contributed by atoms with E-state index in [1.807, 2.05) is 30.3 Å². The van der Waals surface area contributed by atoms with Gasteiger partial charge in [0, 0.05) is 0 Å². The molecule has 1 aliphatic rings. The number of ether oxygens (including phenoxy) is 3. The number of benzene rings is 1. The normalized spacial score (nSPS) is 13.8. The number of hydrogen-bond acceptors (Lipinski definition) is 5. The summed E-state index contributed by atoms with van der Waals surface area (Å²) in [5.74, 6) is 0.892. The van der Waals surface area contributed by atoms with Crippen LogP contribution in [0.5, 0.6) is 5.88 Å². The van der Waals surface area contributed by atoms with Crippen molar-refractivity contribution < 1.29 is 14.2 Å². The minimum absolute atomic E-state index is 0.263. The van der Waals surface area contributed by atoms with Gasteiger partial charge in [-0.3, -0.25) is 0 Å². The molecule has 6 heteroatoms. The quantitative estimate of drug-likeness (QED) is 0.809. The summed E-state index contributed by atoms with van der Waals surface area (Å²) in [5, 5.41) is 0.263. The molecule has 0 atom stereocenters. The third-order valence-corrected chi connectivity index (χ3v) is 3.18. The molecule has 1 aromatic heterocycles. The van der Waals surface area contributed by atoms with Crippen molar-refractivity contribution in [3.05, 3.63) is 65.0 Å². The second kappa shape index (κ2) is 6.01. The first-order valence-corrected chi connectivity index (χ1v) is 6.78. The van der Waals surface area contributed by atoms with Gasteiger partial charge in [-0.2, -0.15) is 4.98 Å². The lowest BCUT2D eigenvalue weighted by Crippen LogP contribution is -2.09. The molecule has 0 saturated carbocycles. The number of hydrogen-bond donors (Lipinski definition) is 0. The summed E-state index contributed by atoms with van der Waals surface area (Å²) in [6.07, 6.45) is 2.22. The van der Waals surface area contributed by atoms with Crippen LogP contribution in [0.4, 0.5) is 0 Å². The SMILES string of the molecule is Cc1nc(Cl)c(C2OC=CO2)c(OCc2ccccc2)n1. The molecule has 0 amide bonds. The highest BCUT2D eigenvalue weighted by Crippen LogP contribution is 2.35. The molecule has 1 aliphatic heterocycles. The molecule has 0 saturated heterocycles. The molecule has 1 aromatic carbocycles. The molecule has 0 aliphatic carbocycles. The summed E-state index contributed by atoms with van der Waals surface area (Å²) in [6, 6.07) is 9.79. The summed E-state index contributed by atoms with van der Waals surface area (Å²) in [4.78, 5) is 8.41. The Labute approximate surface area is 127 Å². The minimum Gasteiger partial charge on any atom is -0.472 e. The number of halogens is 1. The fourth-order valence-electron chi connectivity index (χ4n) is 1.93. The van der Waals surface area contributed by atoms with E-state index in [4.69, 9.17) is 25.8 Å². The van der Waals surface area contributed by atoms with E-state index >= 15 is 0 Å². The number of nitrogens with zero attached hydrogens (tertiary/aromatic N) is 2. The Hall–Kier alpha value is -2.27. The van der Waals surface area contributed by atoms with E-state index in [0.29, 0.717) is 23.9 Å². The van der Waals surface area contributed by atoms with Crippen molar-refractivity contribution in [2.45, 2.75) is 19.8 Å². The highest BCUT2D eigenvalue weighted by molar-refractivity contribution is 6.30. The molecular weight excluding hydrogens is 292 g/mol. The lowest BCUT2D eigenvalue weighted by molar-refractivity contribution is -0.0272. The van der Waals surface area contributed by atoms with Crippen LogP contribution >= 0.6 is 11.6 Å². The zero-order valence-corrected chi connectivity index (χ0v) is 12.1. The van der Waals surface area contributed by atoms with Crippen LogP contribution in [-0.2, 0) is 16.1 Å². The lowest BCUT2D eigenvalue weighted by Gasteiger charge is -2.16. The van der Waals surface area contributed by atoms with Gasteiger partial charge in [-0.1, -0.05) is 41.9 Å². The van der Waals surface area contributed by atoms with Gasteiger partial charge in [-0.05, 0) is 12.5 Å². The Morgan fingerprint density at radius 1 is 1.14 bits per heavy atom. The molecule has 3 rings (SSSR count). The molecule has 21 heavy (non-hydrogen) atoms. The van der Waals surface area contributed by atoms with Crippen molar-refractivity contribution in [1.82, 2.24) is 9.97 Å². The lowest BCUT2D eigenvalue weighted by atomic mass is 10.2. The second-order valence-electron chi connectivity index (χ2n) is 4.43. The average molecular weight is 305 g/mol. The first-order chi connectivity index (χ1) is 10.2. The van der Waals surface area contributed by atoms with E-state index in [1.165, 1.54) is 12.5 Å². The van der Waals surface area contributed by atoms with Gasteiger partial charge in [0.05, 0.1) is 0 Å². The third-order valence-electron chi connectivity index (χ3n) is 2.89. The standard InChI is InChI=1S/C15H13ClN2O3/c1-10-17-13(16)12(15-19-7-8-20-15)14(18-10)21-9-11-5-3-2-4-6-11/h2-8,15H,9H2,1H3. The van der Waals surface area contributed by atoms with E-state index in [9.17, 15) is 0 Å². The van der Waals surface area contributed by atoms with Crippen LogP contribution < -0.4 is 4.74 Å². The second-order valence-corrected chi connectivity index (χ2v) is 4.79. The third kappa shape index (κ3) is 3.08. The van der Waals surface area contributed by atoms with Crippen molar-refractivity contribution in [3.63, 3.8) is 0 Å². The molecule has 108 valence electrons. The maximum Gasteiger partial charge on any atom is 0.274 e. The minimum atomic E-state index is -0.677. The Bertz CT molecular complexity index is 653. The van der Waals surface area contributed by atoms with Crippen molar-refractivity contribution in [2.24, 2.45) is 0 Å². The van der Waals surface area contributed by atoms with Crippen LogP contribution in [0, 0.1) is 6.92 Å². The van der Waals surface area contributed by atoms with Gasteiger partial charge in [0.25, 0.3) is 6.29 Å². The maximum absolute atomic E-state index is 6.18. The zero-order valence-electron chi connectivity index (χ0n) is 11.3. The van der Waals surface area contributed by atoms with Gasteiger partial charge < -0.3 is 14.2 Å². The number of aryl methyl sites for hydroxylation is 1. The van der Waals surface area contributed by atoms with Crippen molar-refractivity contribution in [3.8, 4) is 5.88 Å². The molecule has 0 spiro atoms. The molecule has 0 fully saturated rings. The molecule has 2 aromatic rings. The average Bonchev–Trinajstić information content (AvgIpc) is 2.99. The van der Waals surface area contributed by atoms with Crippen molar-refractivity contribution in [1.29, 1.82) is 0 Å². The predicted octanol–water partition coefficient (Wildman–Crippen LogP) is 3.53. The smallest absolute Gasteiger partial charge is 0.274 e. The Morgan fingerprint density at radius 2 is 1.86 bits per heavy atom. The monoisotopic (exact) mass is 304 g/mol. The molecule has 2 heterocycles. The van der Waals surface area contributed by atoms with Crippen LogP contribution in [0.15, 0.2) is 42.9 Å². The summed E-state index contributed by atoms with van der Waals surface area (Å²) in [6.45, 7) is 2.13. The molecular formula is C15H13ClN2O3. The van der Waals surface area contributed by atoms with Gasteiger partial charge in [-0.25, -0.2) is 4.98 Å². The number of rotatable bonds is 4. The Kier molecular flexibility index (Phi) is 3.92. The molecule has 5 nitrogen and oxygen atoms in total. The van der Waals surface area contributed by atoms with E-state index in [-0.39, 0.29) is 5.15 Å². The number of aromatic nitrogens is 2. The molecule has 0 bridgehead atoms. The summed E-state index contributed by atoms with van der Waals surface area (Å²) < 4.78 is 16.4. The highest BCUT2D eigenvalue weighted by atomic mass is 35.5. The molecule has 0 radical (unpaired) electrons. The van der Waals surface area contributed by atoms with Crippen LogP contribution in [0.3, 0.4) is 0 Å². The van der Waals surface area contributed by atoms with Gasteiger partial charge >= 0.3 is 0 Å². The highest BCUT2D eigenvalue weighted by Gasteiger charge is 2.26. The van der Waals surface area contributed by atoms with E-state index in [0.717, 1.165) is 5.56 Å². The van der Waals surface area contributed by atoms with Gasteiger partial charge in [0.15, 0.2) is 0 Å². The maximum atomic E-state index is 6.18.